The Morgan fingerprint density at radius 3 is 2.39 bits per heavy atom. The lowest BCUT2D eigenvalue weighted by Crippen LogP contribution is -2.20. The van der Waals surface area contributed by atoms with Gasteiger partial charge in [-0.3, -0.25) is 0 Å². The van der Waals surface area contributed by atoms with Crippen LogP contribution >= 0.6 is 11.6 Å². The summed E-state index contributed by atoms with van der Waals surface area (Å²) in [6.45, 7) is 5.09. The lowest BCUT2D eigenvalue weighted by molar-refractivity contribution is -0.153. The molecular formula is C20H22ClNO6. The molecule has 0 saturated heterocycles. The van der Waals surface area contributed by atoms with Crippen molar-refractivity contribution in [2.45, 2.75) is 33.5 Å². The molecule has 0 fully saturated rings. The Kier molecular flexibility index (Phi) is 7.78. The van der Waals surface area contributed by atoms with E-state index in [9.17, 15) is 14.7 Å². The number of aromatic nitrogens is 1. The van der Waals surface area contributed by atoms with Gasteiger partial charge >= 0.3 is 11.9 Å². The predicted octanol–water partition coefficient (Wildman–Crippen LogP) is 3.40. The highest BCUT2D eigenvalue weighted by Crippen LogP contribution is 2.37. The molecule has 28 heavy (non-hydrogen) atoms. The van der Waals surface area contributed by atoms with Crippen LogP contribution in [-0.2, 0) is 20.9 Å². The second-order valence-electron chi connectivity index (χ2n) is 5.76. The number of aliphatic hydroxyl groups is 1. The number of rotatable bonds is 8. The van der Waals surface area contributed by atoms with Crippen molar-refractivity contribution in [3.63, 3.8) is 0 Å². The van der Waals surface area contributed by atoms with Gasteiger partial charge in [0.2, 0.25) is 0 Å². The molecule has 0 spiro atoms. The highest BCUT2D eigenvalue weighted by molar-refractivity contribution is 6.32. The van der Waals surface area contributed by atoms with E-state index >= 15 is 0 Å². The van der Waals surface area contributed by atoms with E-state index in [0.717, 1.165) is 5.56 Å². The van der Waals surface area contributed by atoms with Crippen LogP contribution in [0.25, 0.3) is 0 Å². The van der Waals surface area contributed by atoms with Gasteiger partial charge in [-0.1, -0.05) is 41.9 Å². The van der Waals surface area contributed by atoms with Gasteiger partial charge in [0, 0.05) is 5.69 Å². The number of carbonyl (C=O) groups excluding carboxylic acids is 2. The van der Waals surface area contributed by atoms with Gasteiger partial charge < -0.3 is 19.3 Å². The summed E-state index contributed by atoms with van der Waals surface area (Å²) in [4.78, 5) is 28.6. The maximum Gasteiger partial charge on any atom is 0.345 e. The molecule has 1 heterocycles. The van der Waals surface area contributed by atoms with E-state index in [4.69, 9.17) is 25.8 Å². The number of pyridine rings is 1. The summed E-state index contributed by atoms with van der Waals surface area (Å²) in [5, 5.41) is 10.4. The Balaban J connectivity index is 2.56. The van der Waals surface area contributed by atoms with Crippen LogP contribution in [0.3, 0.4) is 0 Å². The molecule has 0 aliphatic carbocycles. The van der Waals surface area contributed by atoms with Crippen molar-refractivity contribution in [3.8, 4) is 5.75 Å². The Morgan fingerprint density at radius 1 is 1.14 bits per heavy atom. The van der Waals surface area contributed by atoms with Crippen LogP contribution in [0.1, 0.15) is 47.1 Å². The number of halogens is 1. The zero-order chi connectivity index (χ0) is 20.7. The van der Waals surface area contributed by atoms with E-state index in [2.05, 4.69) is 4.98 Å². The zero-order valence-corrected chi connectivity index (χ0v) is 16.7. The van der Waals surface area contributed by atoms with E-state index in [1.54, 1.807) is 20.8 Å². The smallest absolute Gasteiger partial charge is 0.345 e. The Bertz CT molecular complexity index is 840. The summed E-state index contributed by atoms with van der Waals surface area (Å²) in [7, 11) is 0. The Morgan fingerprint density at radius 2 is 1.79 bits per heavy atom. The van der Waals surface area contributed by atoms with Gasteiger partial charge in [-0.25, -0.2) is 14.6 Å². The number of aliphatic hydroxyl groups excluding tert-OH is 1. The predicted molar refractivity (Wildman–Crippen MR) is 102 cm³/mol. The minimum Gasteiger partial charge on any atom is -0.487 e. The largest absolute Gasteiger partial charge is 0.487 e. The van der Waals surface area contributed by atoms with E-state index in [1.807, 2.05) is 30.3 Å². The van der Waals surface area contributed by atoms with Crippen LogP contribution in [0.2, 0.25) is 5.15 Å². The van der Waals surface area contributed by atoms with Gasteiger partial charge in [0.15, 0.2) is 6.10 Å². The van der Waals surface area contributed by atoms with E-state index < -0.39 is 18.0 Å². The second-order valence-corrected chi connectivity index (χ2v) is 6.11. The van der Waals surface area contributed by atoms with Crippen LogP contribution in [0, 0.1) is 6.92 Å². The first-order chi connectivity index (χ1) is 13.4. The summed E-state index contributed by atoms with van der Waals surface area (Å²) < 4.78 is 15.8. The van der Waals surface area contributed by atoms with E-state index in [0.29, 0.717) is 0 Å². The number of hydrogen-bond donors (Lipinski definition) is 1. The molecule has 1 aromatic carbocycles. The molecule has 1 aromatic heterocycles. The summed E-state index contributed by atoms with van der Waals surface area (Å²) in [6, 6.07) is 9.20. The SMILES string of the molecule is CCOC(=O)c1c(Cl)nc(C)c(C(O)C(=O)OCC)c1OCc1ccccc1. The van der Waals surface area contributed by atoms with E-state index in [-0.39, 0.29) is 47.5 Å². The van der Waals surface area contributed by atoms with Crippen molar-refractivity contribution in [2.75, 3.05) is 13.2 Å². The van der Waals surface area contributed by atoms with Crippen molar-refractivity contribution < 1.29 is 28.9 Å². The number of hydrogen-bond acceptors (Lipinski definition) is 7. The summed E-state index contributed by atoms with van der Waals surface area (Å²) in [5.41, 5.74) is 0.923. The van der Waals surface area contributed by atoms with Crippen LogP contribution in [0.5, 0.6) is 5.75 Å². The number of aryl methyl sites for hydroxylation is 1. The molecular weight excluding hydrogens is 386 g/mol. The van der Waals surface area contributed by atoms with Crippen LogP contribution in [-0.4, -0.2) is 35.2 Å². The molecule has 0 aliphatic heterocycles. The van der Waals surface area contributed by atoms with Crippen molar-refractivity contribution >= 4 is 23.5 Å². The summed E-state index contributed by atoms with van der Waals surface area (Å²) >= 11 is 6.17. The quantitative estimate of drug-likeness (QED) is 0.529. The molecule has 0 amide bonds. The average Bonchev–Trinajstić information content (AvgIpc) is 2.66. The minimum atomic E-state index is -1.69. The van der Waals surface area contributed by atoms with Crippen LogP contribution in [0.4, 0.5) is 0 Å². The summed E-state index contributed by atoms with van der Waals surface area (Å²) in [5.74, 6) is -1.70. The number of ether oxygens (including phenoxy) is 3. The lowest BCUT2D eigenvalue weighted by atomic mass is 10.0. The molecule has 0 aliphatic rings. The molecule has 1 atom stereocenters. The molecule has 1 N–H and O–H groups in total. The van der Waals surface area contributed by atoms with Crippen LogP contribution in [0.15, 0.2) is 30.3 Å². The third kappa shape index (κ3) is 4.99. The minimum absolute atomic E-state index is 0.0156. The lowest BCUT2D eigenvalue weighted by Gasteiger charge is -2.20. The van der Waals surface area contributed by atoms with Gasteiger partial charge in [-0.15, -0.1) is 0 Å². The third-order valence-corrected chi connectivity index (χ3v) is 4.10. The Hall–Kier alpha value is -2.64. The molecule has 0 bridgehead atoms. The first-order valence-electron chi connectivity index (χ1n) is 8.79. The highest BCUT2D eigenvalue weighted by Gasteiger charge is 2.32. The van der Waals surface area contributed by atoms with Gasteiger partial charge in [0.1, 0.15) is 23.1 Å². The van der Waals surface area contributed by atoms with Crippen molar-refractivity contribution in [1.82, 2.24) is 4.98 Å². The standard InChI is InChI=1S/C20H22ClNO6/c1-4-26-19(24)15-17(28-11-13-9-7-6-8-10-13)14(12(3)22-18(15)21)16(23)20(25)27-5-2/h6-10,16,23H,4-5,11H2,1-3H3. The zero-order valence-electron chi connectivity index (χ0n) is 15.9. The molecule has 2 rings (SSSR count). The van der Waals surface area contributed by atoms with Crippen molar-refractivity contribution in [3.05, 3.63) is 57.9 Å². The fourth-order valence-electron chi connectivity index (χ4n) is 2.58. The van der Waals surface area contributed by atoms with Gasteiger partial charge in [0.05, 0.1) is 18.8 Å². The first-order valence-corrected chi connectivity index (χ1v) is 9.16. The topological polar surface area (TPSA) is 95.0 Å². The number of esters is 2. The number of nitrogens with zero attached hydrogens (tertiary/aromatic N) is 1. The second kappa shape index (κ2) is 10.1. The fraction of sp³-hybridized carbons (Fsp3) is 0.350. The monoisotopic (exact) mass is 407 g/mol. The maximum absolute atomic E-state index is 12.5. The molecule has 1 unspecified atom stereocenters. The first kappa shape index (κ1) is 21.7. The molecule has 2 aromatic rings. The van der Waals surface area contributed by atoms with Gasteiger partial charge in [-0.2, -0.15) is 0 Å². The van der Waals surface area contributed by atoms with E-state index in [1.165, 1.54) is 0 Å². The number of benzene rings is 1. The maximum atomic E-state index is 12.5. The summed E-state index contributed by atoms with van der Waals surface area (Å²) in [6.07, 6.45) is -1.69. The van der Waals surface area contributed by atoms with Crippen LogP contribution < -0.4 is 4.74 Å². The van der Waals surface area contributed by atoms with Gasteiger partial charge in [0.25, 0.3) is 0 Å². The van der Waals surface area contributed by atoms with Crippen molar-refractivity contribution in [1.29, 1.82) is 0 Å². The molecule has 150 valence electrons. The Labute approximate surface area is 168 Å². The van der Waals surface area contributed by atoms with Crippen molar-refractivity contribution in [2.24, 2.45) is 0 Å². The fourth-order valence-corrected chi connectivity index (χ4v) is 2.87. The normalized spacial score (nSPS) is 11.6. The highest BCUT2D eigenvalue weighted by atomic mass is 35.5. The molecule has 0 saturated carbocycles. The molecule has 0 radical (unpaired) electrons. The molecule has 7 nitrogen and oxygen atoms in total. The molecule has 8 heteroatoms. The van der Waals surface area contributed by atoms with Gasteiger partial charge in [-0.05, 0) is 26.3 Å². The third-order valence-electron chi connectivity index (χ3n) is 3.82. The average molecular weight is 408 g/mol. The number of carbonyl (C=O) groups is 2.